The molecule has 0 saturated heterocycles. The number of ether oxygens (including phenoxy) is 3. The molecule has 0 amide bonds. The minimum Gasteiger partial charge on any atom is -0.508 e. The van der Waals surface area contributed by atoms with E-state index in [0.717, 1.165) is 72.5 Å². The molecule has 0 radical (unpaired) electrons. The van der Waals surface area contributed by atoms with Crippen molar-refractivity contribution in [3.63, 3.8) is 0 Å². The van der Waals surface area contributed by atoms with E-state index >= 15 is 0 Å². The lowest BCUT2D eigenvalue weighted by Crippen LogP contribution is -2.36. The van der Waals surface area contributed by atoms with E-state index in [1.807, 2.05) is 6.07 Å². The number of phenolic OH excluding ortho intramolecular Hbond substituents is 1. The van der Waals surface area contributed by atoms with Gasteiger partial charge in [-0.1, -0.05) is 84.0 Å². The van der Waals surface area contributed by atoms with Gasteiger partial charge < -0.3 is 19.3 Å². The van der Waals surface area contributed by atoms with Crippen LogP contribution in [0, 0.1) is 0 Å². The van der Waals surface area contributed by atoms with Gasteiger partial charge in [0, 0.05) is 24.8 Å². The molecule has 4 heteroatoms. The Morgan fingerprint density at radius 3 is 1.08 bits per heavy atom. The van der Waals surface area contributed by atoms with Crippen molar-refractivity contribution in [1.82, 2.24) is 0 Å². The number of hydrogen-bond donors (Lipinski definition) is 1. The second kappa shape index (κ2) is 17.3. The number of hydrogen-bond acceptors (Lipinski definition) is 4. The van der Waals surface area contributed by atoms with E-state index in [0.29, 0.717) is 19.3 Å². The van der Waals surface area contributed by atoms with Crippen LogP contribution in [0.2, 0.25) is 0 Å². The largest absolute Gasteiger partial charge is 0.508 e. The number of aryl methyl sites for hydroxylation is 3. The van der Waals surface area contributed by atoms with Crippen LogP contribution in [-0.4, -0.2) is 21.9 Å². The summed E-state index contributed by atoms with van der Waals surface area (Å²) < 4.78 is 20.7. The van der Waals surface area contributed by atoms with Gasteiger partial charge in [-0.05, 0) is 149 Å². The van der Waals surface area contributed by atoms with Crippen molar-refractivity contribution in [2.75, 3.05) is 0 Å². The summed E-state index contributed by atoms with van der Waals surface area (Å²) in [7, 11) is 0. The zero-order chi connectivity index (χ0) is 38.3. The lowest BCUT2D eigenvalue weighted by Gasteiger charge is -2.34. The molecule has 0 fully saturated rings. The third kappa shape index (κ3) is 9.94. The molecule has 0 aliphatic heterocycles. The molecule has 0 aromatic heterocycles. The highest BCUT2D eigenvalue weighted by Gasteiger charge is 2.33. The molecule has 0 aliphatic carbocycles. The second-order valence-corrected chi connectivity index (χ2v) is 16.1. The van der Waals surface area contributed by atoms with Gasteiger partial charge in [0.25, 0.3) is 0 Å². The van der Waals surface area contributed by atoms with Crippen molar-refractivity contribution in [2.24, 2.45) is 0 Å². The first-order valence-electron chi connectivity index (χ1n) is 19.8. The van der Waals surface area contributed by atoms with Crippen LogP contribution in [0.1, 0.15) is 133 Å². The molecule has 4 aromatic rings. The molecule has 4 rings (SSSR count). The molecule has 282 valence electrons. The molecule has 0 bridgehead atoms. The van der Waals surface area contributed by atoms with Crippen LogP contribution < -0.4 is 14.2 Å². The third-order valence-electron chi connectivity index (χ3n) is 10.4. The van der Waals surface area contributed by atoms with Gasteiger partial charge in [-0.25, -0.2) is 0 Å². The fourth-order valence-corrected chi connectivity index (χ4v) is 7.94. The van der Waals surface area contributed by atoms with Crippen LogP contribution in [0.3, 0.4) is 0 Å². The molecule has 0 unspecified atom stereocenters. The molecular formula is C48H66O4. The molecule has 0 spiro atoms. The smallest absolute Gasteiger partial charge is 0.123 e. The van der Waals surface area contributed by atoms with Gasteiger partial charge in [-0.2, -0.15) is 0 Å². The van der Waals surface area contributed by atoms with Crippen molar-refractivity contribution in [3.8, 4) is 23.0 Å². The molecule has 52 heavy (non-hydrogen) atoms. The van der Waals surface area contributed by atoms with Gasteiger partial charge in [-0.3, -0.25) is 0 Å². The fourth-order valence-electron chi connectivity index (χ4n) is 7.94. The number of rotatable bonds is 18. The molecule has 1 N–H and O–H groups in total. The zero-order valence-electron chi connectivity index (χ0n) is 34.4. The standard InChI is InChI=1S/C48H66O4/c1-13-33-22-19-25-43(37(33)16-4)50-46(7,8)30-36-28-29-42(49)41(32-48(11,12)52-45-27-21-24-35(15-3)39(45)18-6)40(36)31-47(9,10)51-44-26-20-23-34(14-2)38(44)17-5/h19-29,49H,13-18,30-32H2,1-12H3. The maximum atomic E-state index is 11.7. The third-order valence-corrected chi connectivity index (χ3v) is 10.4. The van der Waals surface area contributed by atoms with Gasteiger partial charge in [0.1, 0.15) is 39.8 Å². The Morgan fingerprint density at radius 2 is 0.731 bits per heavy atom. The molecule has 4 nitrogen and oxygen atoms in total. The fraction of sp³-hybridized carbons (Fsp3) is 0.500. The number of aromatic hydroxyl groups is 1. The summed E-state index contributed by atoms with van der Waals surface area (Å²) in [6.07, 6.45) is 7.44. The Hall–Kier alpha value is -3.92. The second-order valence-electron chi connectivity index (χ2n) is 16.1. The Bertz CT molecular complexity index is 1790. The van der Waals surface area contributed by atoms with Crippen molar-refractivity contribution in [2.45, 2.75) is 158 Å². The number of phenols is 1. The summed E-state index contributed by atoms with van der Waals surface area (Å²) in [4.78, 5) is 0. The molecule has 0 atom stereocenters. The average molecular weight is 707 g/mol. The van der Waals surface area contributed by atoms with E-state index in [9.17, 15) is 5.11 Å². The maximum absolute atomic E-state index is 11.7. The average Bonchev–Trinajstić information content (AvgIpc) is 3.09. The van der Waals surface area contributed by atoms with Crippen molar-refractivity contribution < 1.29 is 19.3 Å². The van der Waals surface area contributed by atoms with Crippen LogP contribution >= 0.6 is 0 Å². The summed E-state index contributed by atoms with van der Waals surface area (Å²) >= 11 is 0. The van der Waals surface area contributed by atoms with E-state index in [-0.39, 0.29) is 5.75 Å². The monoisotopic (exact) mass is 706 g/mol. The Kier molecular flexibility index (Phi) is 13.6. The SMILES string of the molecule is CCc1cccc(OC(C)(C)Cc2ccc(O)c(CC(C)(C)Oc3cccc(CC)c3CC)c2CC(C)(C)Oc2cccc(CC)c2CC)c1CC. The van der Waals surface area contributed by atoms with Crippen molar-refractivity contribution in [3.05, 3.63) is 117 Å². The van der Waals surface area contributed by atoms with Crippen LogP contribution in [-0.2, 0) is 57.8 Å². The van der Waals surface area contributed by atoms with Gasteiger partial charge in [0.05, 0.1) is 0 Å². The Morgan fingerprint density at radius 1 is 0.385 bits per heavy atom. The topological polar surface area (TPSA) is 47.9 Å². The predicted molar refractivity (Wildman–Crippen MR) is 219 cm³/mol. The van der Waals surface area contributed by atoms with E-state index in [2.05, 4.69) is 144 Å². The van der Waals surface area contributed by atoms with Crippen LogP contribution in [0.5, 0.6) is 23.0 Å². The van der Waals surface area contributed by atoms with E-state index in [1.165, 1.54) is 33.4 Å². The van der Waals surface area contributed by atoms with Crippen LogP contribution in [0.25, 0.3) is 0 Å². The minimum absolute atomic E-state index is 0.286. The lowest BCUT2D eigenvalue weighted by atomic mass is 9.82. The van der Waals surface area contributed by atoms with Gasteiger partial charge in [0.2, 0.25) is 0 Å². The van der Waals surface area contributed by atoms with E-state index in [4.69, 9.17) is 14.2 Å². The van der Waals surface area contributed by atoms with Crippen molar-refractivity contribution >= 4 is 0 Å². The highest BCUT2D eigenvalue weighted by molar-refractivity contribution is 5.48. The highest BCUT2D eigenvalue weighted by Crippen LogP contribution is 2.38. The summed E-state index contributed by atoms with van der Waals surface area (Å²) in [5.41, 5.74) is 9.23. The quantitative estimate of drug-likeness (QED) is 0.112. The Balaban J connectivity index is 1.79. The first-order chi connectivity index (χ1) is 24.6. The molecule has 4 aromatic carbocycles. The predicted octanol–water partition coefficient (Wildman–Crippen LogP) is 12.0. The zero-order valence-corrected chi connectivity index (χ0v) is 34.4. The van der Waals surface area contributed by atoms with Crippen LogP contribution in [0.15, 0.2) is 66.7 Å². The molecular weight excluding hydrogens is 641 g/mol. The van der Waals surface area contributed by atoms with Gasteiger partial charge in [-0.15, -0.1) is 0 Å². The van der Waals surface area contributed by atoms with Crippen LogP contribution in [0.4, 0.5) is 0 Å². The lowest BCUT2D eigenvalue weighted by molar-refractivity contribution is 0.0978. The maximum Gasteiger partial charge on any atom is 0.123 e. The Labute approximate surface area is 315 Å². The molecule has 0 heterocycles. The van der Waals surface area contributed by atoms with Gasteiger partial charge >= 0.3 is 0 Å². The summed E-state index contributed by atoms with van der Waals surface area (Å²) in [5.74, 6) is 3.10. The summed E-state index contributed by atoms with van der Waals surface area (Å²) in [5, 5.41) is 11.7. The molecule has 0 saturated carbocycles. The minimum atomic E-state index is -0.598. The molecule has 0 aliphatic rings. The van der Waals surface area contributed by atoms with Gasteiger partial charge in [0.15, 0.2) is 0 Å². The number of benzene rings is 4. The first-order valence-corrected chi connectivity index (χ1v) is 19.8. The normalized spacial score (nSPS) is 12.2. The summed E-state index contributed by atoms with van der Waals surface area (Å²) in [6.45, 7) is 26.1. The first kappa shape index (κ1) is 40.8. The summed E-state index contributed by atoms with van der Waals surface area (Å²) in [6, 6.07) is 23.1. The highest BCUT2D eigenvalue weighted by atomic mass is 16.5. The van der Waals surface area contributed by atoms with E-state index < -0.39 is 16.8 Å². The van der Waals surface area contributed by atoms with E-state index in [1.54, 1.807) is 0 Å². The van der Waals surface area contributed by atoms with Crippen molar-refractivity contribution in [1.29, 1.82) is 0 Å².